The summed E-state index contributed by atoms with van der Waals surface area (Å²) in [7, 11) is 0. The van der Waals surface area contributed by atoms with E-state index < -0.39 is 0 Å². The zero-order valence-corrected chi connectivity index (χ0v) is 14.5. The molecule has 1 aliphatic rings. The quantitative estimate of drug-likeness (QED) is 0.843. The predicted octanol–water partition coefficient (Wildman–Crippen LogP) is 4.88. The van der Waals surface area contributed by atoms with Gasteiger partial charge in [-0.3, -0.25) is 5.32 Å². The summed E-state index contributed by atoms with van der Waals surface area (Å²) in [5.74, 6) is 0. The number of amides is 2. The second-order valence-corrected chi connectivity index (χ2v) is 7.13. The van der Waals surface area contributed by atoms with Crippen molar-refractivity contribution < 1.29 is 4.79 Å². The fraction of sp³-hybridized carbons (Fsp3) is 0.444. The molecule has 23 heavy (non-hydrogen) atoms. The highest BCUT2D eigenvalue weighted by Crippen LogP contribution is 2.26. The standard InChI is InChI=1S/C18H23N3OS/c1-12-8-9-14(10-13(12)2)16-11-23-18(20-16)21-17(22)19-15-6-4-3-5-7-15/h8-11,15H,3-7H2,1-2H3,(H2,19,20,21,22). The molecule has 0 saturated heterocycles. The maximum atomic E-state index is 12.1. The molecular weight excluding hydrogens is 306 g/mol. The molecule has 1 aromatic heterocycles. The van der Waals surface area contributed by atoms with E-state index in [0.717, 1.165) is 24.1 Å². The minimum Gasteiger partial charge on any atom is -0.335 e. The van der Waals surface area contributed by atoms with Gasteiger partial charge in [0.2, 0.25) is 0 Å². The third-order valence-electron chi connectivity index (χ3n) is 4.47. The zero-order chi connectivity index (χ0) is 16.2. The van der Waals surface area contributed by atoms with E-state index in [1.165, 1.54) is 41.7 Å². The van der Waals surface area contributed by atoms with E-state index in [4.69, 9.17) is 0 Å². The Labute approximate surface area is 141 Å². The lowest BCUT2D eigenvalue weighted by Crippen LogP contribution is -2.38. The van der Waals surface area contributed by atoms with Gasteiger partial charge >= 0.3 is 6.03 Å². The first-order valence-corrected chi connectivity index (χ1v) is 9.10. The Morgan fingerprint density at radius 3 is 2.70 bits per heavy atom. The van der Waals surface area contributed by atoms with Gasteiger partial charge in [0.25, 0.3) is 0 Å². The van der Waals surface area contributed by atoms with Crippen molar-refractivity contribution in [2.45, 2.75) is 52.0 Å². The molecule has 122 valence electrons. The Bertz CT molecular complexity index is 689. The molecule has 1 saturated carbocycles. The summed E-state index contributed by atoms with van der Waals surface area (Å²) < 4.78 is 0. The number of benzene rings is 1. The molecule has 4 nitrogen and oxygen atoms in total. The molecule has 3 rings (SSSR count). The van der Waals surface area contributed by atoms with Gasteiger partial charge in [0.1, 0.15) is 0 Å². The number of aryl methyl sites for hydroxylation is 2. The molecular formula is C18H23N3OS. The average molecular weight is 329 g/mol. The number of urea groups is 1. The summed E-state index contributed by atoms with van der Waals surface area (Å²) in [6, 6.07) is 6.48. The number of hydrogen-bond donors (Lipinski definition) is 2. The molecule has 0 spiro atoms. The molecule has 1 heterocycles. The van der Waals surface area contributed by atoms with Crippen LogP contribution in [0.3, 0.4) is 0 Å². The smallest absolute Gasteiger partial charge is 0.321 e. The normalized spacial score (nSPS) is 15.4. The van der Waals surface area contributed by atoms with Crippen LogP contribution in [-0.4, -0.2) is 17.1 Å². The Morgan fingerprint density at radius 2 is 1.96 bits per heavy atom. The molecule has 0 atom stereocenters. The van der Waals surface area contributed by atoms with E-state index in [1.807, 2.05) is 5.38 Å². The lowest BCUT2D eigenvalue weighted by Gasteiger charge is -2.22. The average Bonchev–Trinajstić information content (AvgIpc) is 2.99. The first kappa shape index (κ1) is 16.0. The van der Waals surface area contributed by atoms with Crippen molar-refractivity contribution in [1.82, 2.24) is 10.3 Å². The van der Waals surface area contributed by atoms with Gasteiger partial charge in [0, 0.05) is 17.0 Å². The van der Waals surface area contributed by atoms with Crippen molar-refractivity contribution >= 4 is 22.5 Å². The van der Waals surface area contributed by atoms with Crippen LogP contribution < -0.4 is 10.6 Å². The van der Waals surface area contributed by atoms with Crippen LogP contribution in [0.15, 0.2) is 23.6 Å². The molecule has 0 aliphatic heterocycles. The second kappa shape index (κ2) is 7.13. The summed E-state index contributed by atoms with van der Waals surface area (Å²) in [4.78, 5) is 16.6. The first-order valence-electron chi connectivity index (χ1n) is 8.22. The Kier molecular flexibility index (Phi) is 4.96. The summed E-state index contributed by atoms with van der Waals surface area (Å²) in [5.41, 5.74) is 4.52. The fourth-order valence-electron chi connectivity index (χ4n) is 2.93. The van der Waals surface area contributed by atoms with E-state index >= 15 is 0 Å². The predicted molar refractivity (Wildman–Crippen MR) is 96.1 cm³/mol. The first-order chi connectivity index (χ1) is 11.1. The number of carbonyl (C=O) groups is 1. The van der Waals surface area contributed by atoms with Crippen LogP contribution >= 0.6 is 11.3 Å². The van der Waals surface area contributed by atoms with Crippen LogP contribution in [-0.2, 0) is 0 Å². The number of carbonyl (C=O) groups excluding carboxylic acids is 1. The zero-order valence-electron chi connectivity index (χ0n) is 13.7. The van der Waals surface area contributed by atoms with Crippen LogP contribution in [0.4, 0.5) is 9.93 Å². The molecule has 2 aromatic rings. The highest BCUT2D eigenvalue weighted by molar-refractivity contribution is 7.14. The monoisotopic (exact) mass is 329 g/mol. The van der Waals surface area contributed by atoms with Gasteiger partial charge in [-0.05, 0) is 43.9 Å². The third-order valence-corrected chi connectivity index (χ3v) is 5.23. The minimum atomic E-state index is -0.141. The molecule has 5 heteroatoms. The van der Waals surface area contributed by atoms with Crippen molar-refractivity contribution in [2.75, 3.05) is 5.32 Å². The summed E-state index contributed by atoms with van der Waals surface area (Å²) in [6.45, 7) is 4.20. The lowest BCUT2D eigenvalue weighted by molar-refractivity contribution is 0.244. The summed E-state index contributed by atoms with van der Waals surface area (Å²) in [5, 5.41) is 8.54. The summed E-state index contributed by atoms with van der Waals surface area (Å²) in [6.07, 6.45) is 5.86. The number of aromatic nitrogens is 1. The number of thiazole rings is 1. The second-order valence-electron chi connectivity index (χ2n) is 6.27. The van der Waals surface area contributed by atoms with Crippen LogP contribution in [0, 0.1) is 13.8 Å². The lowest BCUT2D eigenvalue weighted by atomic mass is 9.96. The van der Waals surface area contributed by atoms with Gasteiger partial charge in [0.15, 0.2) is 5.13 Å². The van der Waals surface area contributed by atoms with Gasteiger partial charge in [-0.25, -0.2) is 9.78 Å². The van der Waals surface area contributed by atoms with E-state index in [0.29, 0.717) is 11.2 Å². The Balaban J connectivity index is 1.62. The molecule has 2 amide bonds. The topological polar surface area (TPSA) is 54.0 Å². The molecule has 0 unspecified atom stereocenters. The molecule has 1 aromatic carbocycles. The molecule has 1 aliphatic carbocycles. The Morgan fingerprint density at radius 1 is 1.17 bits per heavy atom. The number of nitrogens with zero attached hydrogens (tertiary/aromatic N) is 1. The van der Waals surface area contributed by atoms with Gasteiger partial charge < -0.3 is 5.32 Å². The van der Waals surface area contributed by atoms with Crippen molar-refractivity contribution in [3.05, 3.63) is 34.7 Å². The number of nitrogens with one attached hydrogen (secondary N) is 2. The van der Waals surface area contributed by atoms with Crippen LogP contribution in [0.25, 0.3) is 11.3 Å². The van der Waals surface area contributed by atoms with E-state index in [9.17, 15) is 4.79 Å². The van der Waals surface area contributed by atoms with Gasteiger partial charge in [-0.15, -0.1) is 11.3 Å². The molecule has 0 bridgehead atoms. The van der Waals surface area contributed by atoms with Crippen molar-refractivity contribution in [3.63, 3.8) is 0 Å². The van der Waals surface area contributed by atoms with Gasteiger partial charge in [0.05, 0.1) is 5.69 Å². The van der Waals surface area contributed by atoms with Crippen molar-refractivity contribution in [3.8, 4) is 11.3 Å². The maximum absolute atomic E-state index is 12.1. The van der Waals surface area contributed by atoms with Gasteiger partial charge in [-0.2, -0.15) is 0 Å². The SMILES string of the molecule is Cc1ccc(-c2csc(NC(=O)NC3CCCCC3)n2)cc1C. The van der Waals surface area contributed by atoms with Crippen LogP contribution in [0.2, 0.25) is 0 Å². The molecule has 2 N–H and O–H groups in total. The van der Waals surface area contributed by atoms with Crippen molar-refractivity contribution in [2.24, 2.45) is 0 Å². The largest absolute Gasteiger partial charge is 0.335 e. The van der Waals surface area contributed by atoms with Crippen molar-refractivity contribution in [1.29, 1.82) is 0 Å². The molecule has 0 radical (unpaired) electrons. The summed E-state index contributed by atoms with van der Waals surface area (Å²) >= 11 is 1.46. The highest BCUT2D eigenvalue weighted by atomic mass is 32.1. The van der Waals surface area contributed by atoms with E-state index in [2.05, 4.69) is 47.7 Å². The fourth-order valence-corrected chi connectivity index (χ4v) is 3.64. The number of hydrogen-bond acceptors (Lipinski definition) is 3. The van der Waals surface area contributed by atoms with E-state index in [-0.39, 0.29) is 6.03 Å². The van der Waals surface area contributed by atoms with Crippen LogP contribution in [0.1, 0.15) is 43.2 Å². The third kappa shape index (κ3) is 4.10. The van der Waals surface area contributed by atoms with Gasteiger partial charge in [-0.1, -0.05) is 31.4 Å². The van der Waals surface area contributed by atoms with E-state index in [1.54, 1.807) is 0 Å². The number of anilines is 1. The van der Waals surface area contributed by atoms with Crippen LogP contribution in [0.5, 0.6) is 0 Å². The maximum Gasteiger partial charge on any atom is 0.321 e. The Hall–Kier alpha value is -1.88. The number of rotatable bonds is 3. The molecule has 1 fully saturated rings. The highest BCUT2D eigenvalue weighted by Gasteiger charge is 2.16. The minimum absolute atomic E-state index is 0.141.